The van der Waals surface area contributed by atoms with E-state index in [0.29, 0.717) is 45.4 Å². The fraction of sp³-hybridized carbons (Fsp3) is 0.0455. The van der Waals surface area contributed by atoms with E-state index in [-0.39, 0.29) is 5.82 Å². The average Bonchev–Trinajstić information content (AvgIpc) is 3.11. The van der Waals surface area contributed by atoms with Crippen LogP contribution in [-0.4, -0.2) is 24.3 Å². The molecule has 0 fully saturated rings. The van der Waals surface area contributed by atoms with Gasteiger partial charge in [0.2, 0.25) is 5.71 Å². The van der Waals surface area contributed by atoms with E-state index in [1.54, 1.807) is 42.6 Å². The molecule has 138 valence electrons. The third-order valence-corrected chi connectivity index (χ3v) is 4.43. The van der Waals surface area contributed by atoms with Crippen LogP contribution in [0.2, 0.25) is 0 Å². The van der Waals surface area contributed by atoms with Gasteiger partial charge in [0, 0.05) is 17.3 Å². The molecule has 0 unspecified atom stereocenters. The molecule has 4 rings (SSSR count). The van der Waals surface area contributed by atoms with Crippen LogP contribution in [0, 0.1) is 5.82 Å². The van der Waals surface area contributed by atoms with Gasteiger partial charge in [0.25, 0.3) is 0 Å². The number of benzene rings is 2. The molecule has 0 atom stereocenters. The van der Waals surface area contributed by atoms with Crippen LogP contribution in [0.25, 0.3) is 33.6 Å². The average molecular weight is 375 g/mol. The number of hydrogen-bond acceptors (Lipinski definition) is 5. The molecule has 4 aromatic rings. The minimum absolute atomic E-state index is 0.300. The fourth-order valence-corrected chi connectivity index (χ4v) is 3.03. The molecule has 2 aromatic heterocycles. The van der Waals surface area contributed by atoms with Crippen molar-refractivity contribution >= 4 is 23.4 Å². The highest BCUT2D eigenvalue weighted by atomic mass is 19.1. The Labute approximate surface area is 159 Å². The van der Waals surface area contributed by atoms with Crippen molar-refractivity contribution in [2.45, 2.75) is 0 Å². The standard InChI is InChI=1S/C22H14FNO4/c1-27-22(26)15-4-2-3-14(9-15)16-10-18-19(12-25)20(28-21(18)24-11-16)13-5-7-17(23)8-6-13/h2-12H,1H3. The highest BCUT2D eigenvalue weighted by molar-refractivity contribution is 6.02. The Morgan fingerprint density at radius 3 is 2.57 bits per heavy atom. The molecule has 0 aliphatic carbocycles. The van der Waals surface area contributed by atoms with Gasteiger partial charge < -0.3 is 9.15 Å². The second-order valence-corrected chi connectivity index (χ2v) is 6.12. The molecular weight excluding hydrogens is 361 g/mol. The van der Waals surface area contributed by atoms with Gasteiger partial charge in [-0.25, -0.2) is 14.2 Å². The van der Waals surface area contributed by atoms with Crippen molar-refractivity contribution in [1.82, 2.24) is 4.98 Å². The Kier molecular flexibility index (Phi) is 4.45. The molecule has 0 amide bonds. The monoisotopic (exact) mass is 375 g/mol. The van der Waals surface area contributed by atoms with E-state index in [9.17, 15) is 14.0 Å². The minimum Gasteiger partial charge on any atom is -0.465 e. The number of ether oxygens (including phenoxy) is 1. The van der Waals surface area contributed by atoms with Gasteiger partial charge in [-0.3, -0.25) is 4.79 Å². The summed E-state index contributed by atoms with van der Waals surface area (Å²) in [5.74, 6) is -0.484. The molecule has 0 aliphatic rings. The third kappa shape index (κ3) is 3.05. The summed E-state index contributed by atoms with van der Waals surface area (Å²) in [4.78, 5) is 27.8. The molecular formula is C22H14FNO4. The largest absolute Gasteiger partial charge is 0.465 e. The first-order chi connectivity index (χ1) is 13.6. The van der Waals surface area contributed by atoms with Crippen LogP contribution in [0.4, 0.5) is 4.39 Å². The van der Waals surface area contributed by atoms with E-state index < -0.39 is 5.97 Å². The van der Waals surface area contributed by atoms with E-state index in [0.717, 1.165) is 5.56 Å². The van der Waals surface area contributed by atoms with Crippen LogP contribution in [0.3, 0.4) is 0 Å². The lowest BCUT2D eigenvalue weighted by molar-refractivity contribution is 0.0600. The Morgan fingerprint density at radius 2 is 1.86 bits per heavy atom. The van der Waals surface area contributed by atoms with Gasteiger partial charge >= 0.3 is 5.97 Å². The van der Waals surface area contributed by atoms with Crippen LogP contribution >= 0.6 is 0 Å². The number of esters is 1. The van der Waals surface area contributed by atoms with Crippen LogP contribution in [-0.2, 0) is 4.74 Å². The predicted octanol–water partition coefficient (Wildman–Crippen LogP) is 4.90. The first-order valence-electron chi connectivity index (χ1n) is 8.43. The van der Waals surface area contributed by atoms with E-state index in [4.69, 9.17) is 9.15 Å². The predicted molar refractivity (Wildman–Crippen MR) is 102 cm³/mol. The van der Waals surface area contributed by atoms with Gasteiger partial charge in [-0.05, 0) is 48.0 Å². The Bertz CT molecular complexity index is 1200. The molecule has 5 nitrogen and oxygen atoms in total. The summed E-state index contributed by atoms with van der Waals surface area (Å²) in [5.41, 5.74) is 3.09. The second-order valence-electron chi connectivity index (χ2n) is 6.12. The minimum atomic E-state index is -0.439. The van der Waals surface area contributed by atoms with Crippen molar-refractivity contribution in [3.05, 3.63) is 77.7 Å². The number of halogens is 1. The Balaban J connectivity index is 1.84. The van der Waals surface area contributed by atoms with Crippen molar-refractivity contribution in [2.24, 2.45) is 0 Å². The van der Waals surface area contributed by atoms with Crippen LogP contribution < -0.4 is 0 Å². The van der Waals surface area contributed by atoms with Gasteiger partial charge in [0.1, 0.15) is 11.6 Å². The zero-order valence-corrected chi connectivity index (χ0v) is 14.8. The SMILES string of the molecule is COC(=O)c1cccc(-c2cnc3oc(-c4ccc(F)cc4)c(C=O)c3c2)c1. The summed E-state index contributed by atoms with van der Waals surface area (Å²) in [7, 11) is 1.32. The van der Waals surface area contributed by atoms with Gasteiger partial charge in [0.15, 0.2) is 6.29 Å². The Morgan fingerprint density at radius 1 is 1.07 bits per heavy atom. The highest BCUT2D eigenvalue weighted by Crippen LogP contribution is 2.34. The lowest BCUT2D eigenvalue weighted by Gasteiger charge is -2.04. The summed E-state index contributed by atoms with van der Waals surface area (Å²) in [5, 5.41) is 0.537. The Hall–Kier alpha value is -3.80. The van der Waals surface area contributed by atoms with Crippen molar-refractivity contribution in [3.8, 4) is 22.5 Å². The maximum atomic E-state index is 13.2. The number of methoxy groups -OCH3 is 1. The number of hydrogen-bond donors (Lipinski definition) is 0. The lowest BCUT2D eigenvalue weighted by Crippen LogP contribution is -2.00. The normalized spacial score (nSPS) is 10.8. The number of nitrogens with zero attached hydrogens (tertiary/aromatic N) is 1. The van der Waals surface area contributed by atoms with Crippen molar-refractivity contribution in [2.75, 3.05) is 7.11 Å². The van der Waals surface area contributed by atoms with Crippen molar-refractivity contribution < 1.29 is 23.1 Å². The zero-order valence-electron chi connectivity index (χ0n) is 14.8. The molecule has 0 aliphatic heterocycles. The van der Waals surface area contributed by atoms with Crippen molar-refractivity contribution in [3.63, 3.8) is 0 Å². The number of carbonyl (C=O) groups excluding carboxylic acids is 2. The van der Waals surface area contributed by atoms with E-state index in [2.05, 4.69) is 4.98 Å². The topological polar surface area (TPSA) is 69.4 Å². The third-order valence-electron chi connectivity index (χ3n) is 4.43. The second kappa shape index (κ2) is 7.08. The molecule has 0 radical (unpaired) electrons. The maximum absolute atomic E-state index is 13.2. The summed E-state index contributed by atoms with van der Waals surface area (Å²) in [6, 6.07) is 14.4. The van der Waals surface area contributed by atoms with Gasteiger partial charge in [-0.1, -0.05) is 12.1 Å². The summed E-state index contributed by atoms with van der Waals surface area (Å²) in [6.07, 6.45) is 2.30. The molecule has 0 saturated carbocycles. The number of carbonyl (C=O) groups is 2. The number of pyridine rings is 1. The quantitative estimate of drug-likeness (QED) is 0.375. The summed E-state index contributed by atoms with van der Waals surface area (Å²) < 4.78 is 23.7. The molecule has 6 heteroatoms. The lowest BCUT2D eigenvalue weighted by atomic mass is 10.0. The smallest absolute Gasteiger partial charge is 0.337 e. The number of fused-ring (bicyclic) bond motifs is 1. The number of furan rings is 1. The van der Waals surface area contributed by atoms with E-state index in [1.165, 1.54) is 19.2 Å². The number of aromatic nitrogens is 1. The maximum Gasteiger partial charge on any atom is 0.337 e. The highest BCUT2D eigenvalue weighted by Gasteiger charge is 2.17. The van der Waals surface area contributed by atoms with Gasteiger partial charge in [0.05, 0.1) is 23.6 Å². The molecule has 0 saturated heterocycles. The van der Waals surface area contributed by atoms with E-state index >= 15 is 0 Å². The van der Waals surface area contributed by atoms with Crippen LogP contribution in [0.15, 0.2) is 65.2 Å². The van der Waals surface area contributed by atoms with Crippen LogP contribution in [0.1, 0.15) is 20.7 Å². The van der Waals surface area contributed by atoms with E-state index in [1.807, 2.05) is 6.07 Å². The number of aldehydes is 1. The first kappa shape index (κ1) is 17.6. The van der Waals surface area contributed by atoms with Gasteiger partial charge in [-0.2, -0.15) is 0 Å². The summed E-state index contributed by atoms with van der Waals surface area (Å²) in [6.45, 7) is 0. The molecule has 2 heterocycles. The number of rotatable bonds is 4. The summed E-state index contributed by atoms with van der Waals surface area (Å²) >= 11 is 0. The fourth-order valence-electron chi connectivity index (χ4n) is 3.03. The first-order valence-corrected chi connectivity index (χ1v) is 8.43. The van der Waals surface area contributed by atoms with Gasteiger partial charge in [-0.15, -0.1) is 0 Å². The molecule has 0 N–H and O–H groups in total. The van der Waals surface area contributed by atoms with Crippen molar-refractivity contribution in [1.29, 1.82) is 0 Å². The molecule has 0 bridgehead atoms. The molecule has 28 heavy (non-hydrogen) atoms. The molecule has 2 aromatic carbocycles. The molecule has 0 spiro atoms. The van der Waals surface area contributed by atoms with Crippen LogP contribution in [0.5, 0.6) is 0 Å². The zero-order chi connectivity index (χ0) is 19.7.